The zero-order chi connectivity index (χ0) is 12.5. The molecule has 0 saturated carbocycles. The van der Waals surface area contributed by atoms with Crippen molar-refractivity contribution < 1.29 is 4.92 Å². The van der Waals surface area contributed by atoms with Crippen molar-refractivity contribution in [2.45, 2.75) is 0 Å². The number of benzene rings is 1. The van der Waals surface area contributed by atoms with Gasteiger partial charge in [-0.2, -0.15) is 14.6 Å². The maximum absolute atomic E-state index is 11.0. The highest BCUT2D eigenvalue weighted by molar-refractivity contribution is 5.71. The molecule has 0 unspecified atom stereocenters. The van der Waals surface area contributed by atoms with Gasteiger partial charge in [0.15, 0.2) is 0 Å². The van der Waals surface area contributed by atoms with E-state index in [2.05, 4.69) is 15.1 Å². The van der Waals surface area contributed by atoms with Crippen molar-refractivity contribution in [2.24, 2.45) is 0 Å². The van der Waals surface area contributed by atoms with Crippen LogP contribution in [0.4, 0.5) is 5.69 Å². The number of fused-ring (bicyclic) bond motifs is 1. The molecule has 0 saturated heterocycles. The first-order valence-corrected chi connectivity index (χ1v) is 5.16. The van der Waals surface area contributed by atoms with Crippen molar-refractivity contribution in [3.63, 3.8) is 0 Å². The van der Waals surface area contributed by atoms with E-state index in [1.165, 1.54) is 16.9 Å². The van der Waals surface area contributed by atoms with Crippen LogP contribution in [0.5, 0.6) is 0 Å². The minimum Gasteiger partial charge on any atom is -0.258 e. The molecule has 3 rings (SSSR count). The Morgan fingerprint density at radius 2 is 2.00 bits per heavy atom. The van der Waals surface area contributed by atoms with Crippen molar-refractivity contribution in [3.8, 4) is 11.3 Å². The summed E-state index contributed by atoms with van der Waals surface area (Å²) in [4.78, 5) is 18.6. The lowest BCUT2D eigenvalue weighted by atomic mass is 10.1. The summed E-state index contributed by atoms with van der Waals surface area (Å²) in [5, 5.41) is 15.0. The van der Waals surface area contributed by atoms with Crippen LogP contribution in [0.2, 0.25) is 0 Å². The molecule has 7 heteroatoms. The number of rotatable bonds is 2. The molecule has 3 aromatic rings. The van der Waals surface area contributed by atoms with Gasteiger partial charge in [-0.05, 0) is 12.1 Å². The van der Waals surface area contributed by atoms with Gasteiger partial charge in [-0.3, -0.25) is 10.1 Å². The third kappa shape index (κ3) is 1.49. The van der Waals surface area contributed by atoms with Crippen LogP contribution < -0.4 is 0 Å². The predicted molar refractivity (Wildman–Crippen MR) is 62.9 cm³/mol. The number of para-hydroxylation sites is 1. The molecule has 0 spiro atoms. The Balaban J connectivity index is 2.33. The van der Waals surface area contributed by atoms with Gasteiger partial charge in [0.25, 0.3) is 11.5 Å². The van der Waals surface area contributed by atoms with Crippen LogP contribution >= 0.6 is 0 Å². The van der Waals surface area contributed by atoms with Gasteiger partial charge in [-0.25, -0.2) is 4.98 Å². The van der Waals surface area contributed by atoms with E-state index in [9.17, 15) is 10.1 Å². The second kappa shape index (κ2) is 3.88. The number of nitro benzene ring substituents is 1. The maximum Gasteiger partial charge on any atom is 0.278 e. The molecule has 0 atom stereocenters. The van der Waals surface area contributed by atoms with E-state index in [0.717, 1.165) is 0 Å². The highest BCUT2D eigenvalue weighted by Crippen LogP contribution is 2.28. The van der Waals surface area contributed by atoms with Crippen LogP contribution in [0.25, 0.3) is 17.0 Å². The Morgan fingerprint density at radius 3 is 2.83 bits per heavy atom. The summed E-state index contributed by atoms with van der Waals surface area (Å²) < 4.78 is 1.47. The molecule has 0 aliphatic carbocycles. The number of aromatic nitrogens is 4. The van der Waals surface area contributed by atoms with E-state index < -0.39 is 4.92 Å². The van der Waals surface area contributed by atoms with E-state index in [4.69, 9.17) is 0 Å². The molecule has 7 nitrogen and oxygen atoms in total. The van der Waals surface area contributed by atoms with Gasteiger partial charge in [0.1, 0.15) is 6.33 Å². The minimum atomic E-state index is -0.418. The molecule has 0 amide bonds. The number of nitrogens with zero attached hydrogens (tertiary/aromatic N) is 5. The van der Waals surface area contributed by atoms with Crippen molar-refractivity contribution in [3.05, 3.63) is 53.0 Å². The molecule has 0 aliphatic rings. The summed E-state index contributed by atoms with van der Waals surface area (Å²) in [6, 6.07) is 8.17. The van der Waals surface area contributed by atoms with Gasteiger partial charge in [0.2, 0.25) is 0 Å². The normalized spacial score (nSPS) is 10.7. The van der Waals surface area contributed by atoms with Gasteiger partial charge >= 0.3 is 0 Å². The second-order valence-corrected chi connectivity index (χ2v) is 3.58. The Hall–Kier alpha value is -2.83. The monoisotopic (exact) mass is 241 g/mol. The number of nitro groups is 1. The molecule has 0 aliphatic heterocycles. The number of hydrogen-bond acceptors (Lipinski definition) is 5. The average molecular weight is 241 g/mol. The van der Waals surface area contributed by atoms with E-state index in [-0.39, 0.29) is 5.69 Å². The average Bonchev–Trinajstić information content (AvgIpc) is 2.86. The molecule has 18 heavy (non-hydrogen) atoms. The predicted octanol–water partition coefficient (Wildman–Crippen LogP) is 1.70. The summed E-state index contributed by atoms with van der Waals surface area (Å²) in [6.45, 7) is 0. The lowest BCUT2D eigenvalue weighted by Crippen LogP contribution is -1.98. The highest BCUT2D eigenvalue weighted by Gasteiger charge is 2.17. The topological polar surface area (TPSA) is 86.2 Å². The lowest BCUT2D eigenvalue weighted by Gasteiger charge is -2.04. The summed E-state index contributed by atoms with van der Waals surface area (Å²) >= 11 is 0. The Labute approximate surface area is 101 Å². The summed E-state index contributed by atoms with van der Waals surface area (Å²) in [6.07, 6.45) is 2.91. The third-order valence-electron chi connectivity index (χ3n) is 2.56. The number of hydrogen-bond donors (Lipinski definition) is 0. The fraction of sp³-hybridized carbons (Fsp3) is 0. The summed E-state index contributed by atoms with van der Waals surface area (Å²) in [7, 11) is 0. The van der Waals surface area contributed by atoms with Crippen molar-refractivity contribution in [1.29, 1.82) is 0 Å². The van der Waals surface area contributed by atoms with Gasteiger partial charge in [0, 0.05) is 12.3 Å². The molecular formula is C11H7N5O2. The van der Waals surface area contributed by atoms with Crippen LogP contribution in [-0.4, -0.2) is 24.5 Å². The second-order valence-electron chi connectivity index (χ2n) is 3.58. The van der Waals surface area contributed by atoms with Crippen LogP contribution in [-0.2, 0) is 0 Å². The van der Waals surface area contributed by atoms with Gasteiger partial charge in [-0.15, -0.1) is 0 Å². The van der Waals surface area contributed by atoms with Crippen molar-refractivity contribution >= 4 is 11.5 Å². The van der Waals surface area contributed by atoms with Crippen LogP contribution in [0.15, 0.2) is 42.9 Å². The quantitative estimate of drug-likeness (QED) is 0.503. The Kier molecular flexibility index (Phi) is 2.23. The van der Waals surface area contributed by atoms with E-state index in [1.807, 2.05) is 0 Å². The van der Waals surface area contributed by atoms with Gasteiger partial charge in [0.05, 0.1) is 16.2 Å². The molecule has 1 aromatic carbocycles. The van der Waals surface area contributed by atoms with E-state index in [0.29, 0.717) is 17.0 Å². The SMILES string of the molecule is O=[N+]([O-])c1ccccc1-c1ccnc2ncnn12. The lowest BCUT2D eigenvalue weighted by molar-refractivity contribution is -0.384. The first-order chi connectivity index (χ1) is 8.77. The standard InChI is InChI=1S/C11H7N5O2/c17-16(18)10-4-2-1-3-8(10)9-5-6-12-11-13-7-14-15(9)11/h1-7H. The fourth-order valence-electron chi connectivity index (χ4n) is 1.79. The zero-order valence-electron chi connectivity index (χ0n) is 9.09. The molecule has 0 bridgehead atoms. The van der Waals surface area contributed by atoms with Crippen molar-refractivity contribution in [2.75, 3.05) is 0 Å². The van der Waals surface area contributed by atoms with Gasteiger partial charge in [-0.1, -0.05) is 12.1 Å². The smallest absolute Gasteiger partial charge is 0.258 e. The third-order valence-corrected chi connectivity index (χ3v) is 2.56. The molecule has 0 radical (unpaired) electrons. The van der Waals surface area contributed by atoms with E-state index >= 15 is 0 Å². The molecule has 2 heterocycles. The van der Waals surface area contributed by atoms with Crippen LogP contribution in [0.3, 0.4) is 0 Å². The first-order valence-electron chi connectivity index (χ1n) is 5.16. The molecule has 0 fully saturated rings. The van der Waals surface area contributed by atoms with E-state index in [1.54, 1.807) is 30.5 Å². The largest absolute Gasteiger partial charge is 0.278 e. The summed E-state index contributed by atoms with van der Waals surface area (Å²) in [5.41, 5.74) is 1.10. The van der Waals surface area contributed by atoms with Crippen molar-refractivity contribution in [1.82, 2.24) is 19.6 Å². The highest BCUT2D eigenvalue weighted by atomic mass is 16.6. The fourth-order valence-corrected chi connectivity index (χ4v) is 1.79. The zero-order valence-corrected chi connectivity index (χ0v) is 9.09. The molecule has 88 valence electrons. The molecular weight excluding hydrogens is 234 g/mol. The Bertz CT molecular complexity index is 737. The van der Waals surface area contributed by atoms with Crippen LogP contribution in [0.1, 0.15) is 0 Å². The van der Waals surface area contributed by atoms with Crippen LogP contribution in [0, 0.1) is 10.1 Å². The minimum absolute atomic E-state index is 0.0282. The van der Waals surface area contributed by atoms with Gasteiger partial charge < -0.3 is 0 Å². The molecule has 2 aromatic heterocycles. The first kappa shape index (κ1) is 10.3. The Morgan fingerprint density at radius 1 is 1.17 bits per heavy atom. The maximum atomic E-state index is 11.0. The molecule has 0 N–H and O–H groups in total. The summed E-state index contributed by atoms with van der Waals surface area (Å²) in [5.74, 6) is 0.408.